The van der Waals surface area contributed by atoms with E-state index in [1.807, 2.05) is 11.9 Å². The van der Waals surface area contributed by atoms with E-state index in [2.05, 4.69) is 4.84 Å². The zero-order valence-corrected chi connectivity index (χ0v) is 11.7. The zero-order valence-electron chi connectivity index (χ0n) is 11.7. The van der Waals surface area contributed by atoms with Gasteiger partial charge >= 0.3 is 11.9 Å². The molecule has 0 amide bonds. The maximum atomic E-state index is 13.1. The average Bonchev–Trinajstić information content (AvgIpc) is 2.82. The van der Waals surface area contributed by atoms with E-state index in [-0.39, 0.29) is 22.5 Å². The molecule has 116 valence electrons. The minimum absolute atomic E-state index is 0.0162. The van der Waals surface area contributed by atoms with E-state index < -0.39 is 11.7 Å². The monoisotopic (exact) mass is 305 g/mol. The first-order valence-electron chi connectivity index (χ1n) is 6.39. The molecule has 1 aromatic rings. The van der Waals surface area contributed by atoms with Crippen molar-refractivity contribution < 1.29 is 27.7 Å². The predicted octanol–water partition coefficient (Wildman–Crippen LogP) is 2.76. The van der Waals surface area contributed by atoms with E-state index in [1.165, 1.54) is 6.07 Å². The largest absolute Gasteiger partial charge is 0.488 e. The third kappa shape index (κ3) is 3.63. The Labute approximate surface area is 119 Å². The molecule has 0 bridgehead atoms. The number of likely N-dealkylation sites (N-methyl/N-ethyl adjacent to an activating group) is 1. The Morgan fingerprint density at radius 1 is 1.38 bits per heavy atom. The lowest BCUT2D eigenvalue weighted by molar-refractivity contribution is -0.736. The lowest BCUT2D eigenvalue weighted by Gasteiger charge is -2.17. The maximum Gasteiger partial charge on any atom is 0.420 e. The molecule has 0 aromatic heterocycles. The van der Waals surface area contributed by atoms with E-state index >= 15 is 0 Å². The molecule has 1 saturated heterocycles. The van der Waals surface area contributed by atoms with Crippen molar-refractivity contribution in [1.29, 1.82) is 0 Å². The summed E-state index contributed by atoms with van der Waals surface area (Å²) in [5.74, 6) is -0.268. The molecule has 1 aliphatic rings. The number of halogens is 3. The smallest absolute Gasteiger partial charge is 0.420 e. The third-order valence-electron chi connectivity index (χ3n) is 3.29. The molecule has 1 aromatic carbocycles. The van der Waals surface area contributed by atoms with Crippen molar-refractivity contribution in [2.45, 2.75) is 18.7 Å². The van der Waals surface area contributed by atoms with Crippen LogP contribution in [0.5, 0.6) is 5.75 Å². The van der Waals surface area contributed by atoms with Gasteiger partial charge in [-0.3, -0.25) is 0 Å². The highest BCUT2D eigenvalue weighted by molar-refractivity contribution is 5.45. The lowest BCUT2D eigenvalue weighted by Crippen LogP contribution is -2.22. The summed E-state index contributed by atoms with van der Waals surface area (Å²) in [7, 11) is 2.96. The van der Waals surface area contributed by atoms with Crippen LogP contribution < -0.4 is 4.74 Å². The first-order valence-corrected chi connectivity index (χ1v) is 6.39. The lowest BCUT2D eigenvalue weighted by atomic mass is 10.1. The summed E-state index contributed by atoms with van der Waals surface area (Å²) in [6.45, 7) is 1.35. The van der Waals surface area contributed by atoms with Crippen molar-refractivity contribution in [3.63, 3.8) is 0 Å². The first-order chi connectivity index (χ1) is 9.81. The van der Waals surface area contributed by atoms with Gasteiger partial charge in [0.05, 0.1) is 4.91 Å². The van der Waals surface area contributed by atoms with Gasteiger partial charge < -0.3 is 9.64 Å². The fourth-order valence-electron chi connectivity index (χ4n) is 2.23. The quantitative estimate of drug-likeness (QED) is 0.802. The number of benzene rings is 1. The fourth-order valence-corrected chi connectivity index (χ4v) is 2.23. The van der Waals surface area contributed by atoms with E-state index in [0.29, 0.717) is 13.0 Å². The summed E-state index contributed by atoms with van der Waals surface area (Å²) >= 11 is 0. The van der Waals surface area contributed by atoms with Crippen molar-refractivity contribution >= 4 is 5.69 Å². The van der Waals surface area contributed by atoms with Gasteiger partial charge in [-0.1, -0.05) is 0 Å². The van der Waals surface area contributed by atoms with Crippen molar-refractivity contribution in [1.82, 2.24) is 4.90 Å². The summed E-state index contributed by atoms with van der Waals surface area (Å²) in [5.41, 5.74) is -1.21. The van der Waals surface area contributed by atoms with Gasteiger partial charge in [0.15, 0.2) is 7.11 Å². The van der Waals surface area contributed by atoms with Gasteiger partial charge in [-0.25, -0.2) is 4.84 Å². The van der Waals surface area contributed by atoms with Gasteiger partial charge in [0.1, 0.15) is 17.4 Å². The van der Waals surface area contributed by atoms with Crippen LogP contribution in [0.15, 0.2) is 18.2 Å². The van der Waals surface area contributed by atoms with Crippen molar-refractivity contribution in [2.24, 2.45) is 0 Å². The van der Waals surface area contributed by atoms with E-state index in [4.69, 9.17) is 4.74 Å². The number of nitrogens with zero attached hydrogens (tertiary/aromatic N) is 2. The van der Waals surface area contributed by atoms with Crippen molar-refractivity contribution in [2.75, 3.05) is 27.2 Å². The second-order valence-corrected chi connectivity index (χ2v) is 4.91. The van der Waals surface area contributed by atoms with Gasteiger partial charge in [-0.05, 0) is 19.5 Å². The molecule has 1 fully saturated rings. The van der Waals surface area contributed by atoms with Gasteiger partial charge in [0.25, 0.3) is 4.92 Å². The molecular weight excluding hydrogens is 289 g/mol. The highest BCUT2D eigenvalue weighted by Crippen LogP contribution is 2.39. The Hall–Kier alpha value is -1.83. The normalized spacial score (nSPS) is 19.6. The summed E-state index contributed by atoms with van der Waals surface area (Å²) in [4.78, 5) is 17.6. The van der Waals surface area contributed by atoms with Crippen LogP contribution in [0.2, 0.25) is 0 Å². The highest BCUT2D eigenvalue weighted by Gasteiger charge is 2.38. The highest BCUT2D eigenvalue weighted by atomic mass is 19.4. The molecule has 0 spiro atoms. The van der Waals surface area contributed by atoms with E-state index in [9.17, 15) is 18.1 Å². The number of hydrogen-bond donors (Lipinski definition) is 0. The molecule has 0 N–H and O–H groups in total. The second kappa shape index (κ2) is 5.88. The molecule has 1 heterocycles. The van der Waals surface area contributed by atoms with Crippen LogP contribution in [-0.4, -0.2) is 43.2 Å². The molecular formula is C13H16F3N2O3+. The van der Waals surface area contributed by atoms with Crippen LogP contribution in [0.1, 0.15) is 12.0 Å². The molecule has 0 saturated carbocycles. The number of ether oxygens (including phenoxy) is 1. The van der Waals surface area contributed by atoms with Gasteiger partial charge in [-0.2, -0.15) is 13.2 Å². The summed E-state index contributed by atoms with van der Waals surface area (Å²) in [5, 5.41) is 0. The second-order valence-electron chi connectivity index (χ2n) is 4.91. The molecule has 2 rings (SSSR count). The van der Waals surface area contributed by atoms with Crippen LogP contribution in [0.25, 0.3) is 0 Å². The molecule has 0 radical (unpaired) electrons. The summed E-state index contributed by atoms with van der Waals surface area (Å²) in [6.07, 6.45) is -4.22. The first kappa shape index (κ1) is 15.6. The Balaban J connectivity index is 2.29. The summed E-state index contributed by atoms with van der Waals surface area (Å²) in [6, 6.07) is 3.12. The molecule has 5 nitrogen and oxygen atoms in total. The summed E-state index contributed by atoms with van der Waals surface area (Å²) < 4.78 is 44.7. The SMILES string of the molecule is CO[N+](=O)c1ccc(OC2CCN(C)C2)c(C(F)(F)F)c1. The Morgan fingerprint density at radius 2 is 2.10 bits per heavy atom. The van der Waals surface area contributed by atoms with Crippen LogP contribution >= 0.6 is 0 Å². The van der Waals surface area contributed by atoms with E-state index in [1.54, 1.807) is 0 Å². The average molecular weight is 305 g/mol. The van der Waals surface area contributed by atoms with E-state index in [0.717, 1.165) is 25.8 Å². The molecule has 21 heavy (non-hydrogen) atoms. The maximum absolute atomic E-state index is 13.1. The zero-order chi connectivity index (χ0) is 15.6. The molecule has 1 aliphatic heterocycles. The van der Waals surface area contributed by atoms with Gasteiger partial charge in [0, 0.05) is 25.2 Å². The Kier molecular flexibility index (Phi) is 4.36. The van der Waals surface area contributed by atoms with Gasteiger partial charge in [0.2, 0.25) is 0 Å². The van der Waals surface area contributed by atoms with Crippen LogP contribution in [0, 0.1) is 4.91 Å². The minimum atomic E-state index is -4.61. The molecule has 0 aliphatic carbocycles. The number of alkyl halides is 3. The van der Waals surface area contributed by atoms with Crippen molar-refractivity contribution in [3.05, 3.63) is 28.7 Å². The number of rotatable bonds is 4. The fraction of sp³-hybridized carbons (Fsp3) is 0.538. The molecule has 1 atom stereocenters. The number of hydrogen-bond acceptors (Lipinski definition) is 4. The topological polar surface area (TPSA) is 41.8 Å². The number of likely N-dealkylation sites (tertiary alicyclic amines) is 1. The Bertz CT molecular complexity index is 534. The van der Waals surface area contributed by atoms with Crippen LogP contribution in [-0.2, 0) is 11.0 Å². The van der Waals surface area contributed by atoms with Crippen molar-refractivity contribution in [3.8, 4) is 5.75 Å². The predicted molar refractivity (Wildman–Crippen MR) is 68.3 cm³/mol. The van der Waals surface area contributed by atoms with Crippen LogP contribution in [0.3, 0.4) is 0 Å². The standard InChI is InChI=1S/C13H16F3N2O3/c1-17-6-5-10(8-17)21-12-4-3-9(18(19)20-2)7-11(12)13(14,15)16/h3-4,7,10H,5-6,8H2,1-2H3/q+1. The van der Waals surface area contributed by atoms with Gasteiger partial charge in [-0.15, -0.1) is 0 Å². The Morgan fingerprint density at radius 3 is 2.62 bits per heavy atom. The third-order valence-corrected chi connectivity index (χ3v) is 3.29. The molecule has 1 unspecified atom stereocenters. The minimum Gasteiger partial charge on any atom is -0.488 e. The molecule has 8 heteroatoms. The van der Waals surface area contributed by atoms with Crippen LogP contribution in [0.4, 0.5) is 18.9 Å².